The average Bonchev–Trinajstić information content (AvgIpc) is 3.68. The van der Waals surface area contributed by atoms with Crippen LogP contribution in [-0.4, -0.2) is 52.4 Å². The Hall–Kier alpha value is -3.54. The van der Waals surface area contributed by atoms with Gasteiger partial charge in [0, 0.05) is 17.8 Å². The van der Waals surface area contributed by atoms with Gasteiger partial charge in [0.25, 0.3) is 10.0 Å². The summed E-state index contributed by atoms with van der Waals surface area (Å²) in [6.07, 6.45) is 3.03. The van der Waals surface area contributed by atoms with Gasteiger partial charge in [-0.2, -0.15) is 4.31 Å². The Balaban J connectivity index is 1.37. The van der Waals surface area contributed by atoms with Crippen LogP contribution in [0.15, 0.2) is 77.1 Å². The maximum Gasteiger partial charge on any atom is 0.328 e. The molecule has 1 N–H and O–H groups in total. The molecule has 1 aliphatic heterocycles. The van der Waals surface area contributed by atoms with Crippen LogP contribution in [0.4, 0.5) is 0 Å². The topological polar surface area (TPSA) is 115 Å². The largest absolute Gasteiger partial charge is 0.497 e. The van der Waals surface area contributed by atoms with Crippen LogP contribution >= 0.6 is 11.3 Å². The Morgan fingerprint density at radius 1 is 1.14 bits per heavy atom. The summed E-state index contributed by atoms with van der Waals surface area (Å²) in [5.41, 5.74) is 2.22. The number of nitrogens with zero attached hydrogens (tertiary/aromatic N) is 4. The van der Waals surface area contributed by atoms with Crippen LogP contribution in [0.2, 0.25) is 0 Å². The van der Waals surface area contributed by atoms with Crippen LogP contribution in [0.3, 0.4) is 0 Å². The van der Waals surface area contributed by atoms with E-state index in [9.17, 15) is 18.3 Å². The maximum atomic E-state index is 13.6. The van der Waals surface area contributed by atoms with Gasteiger partial charge in [-0.3, -0.25) is 0 Å². The summed E-state index contributed by atoms with van der Waals surface area (Å²) in [5, 5.41) is 18.2. The highest BCUT2D eigenvalue weighted by Crippen LogP contribution is 2.39. The minimum absolute atomic E-state index is 0.201. The molecule has 2 atom stereocenters. The average molecular weight is 539 g/mol. The van der Waals surface area contributed by atoms with Gasteiger partial charge in [-0.25, -0.2) is 17.9 Å². The molecule has 0 aliphatic carbocycles. The fraction of sp³-hybridized carbons (Fsp3) is 0.269. The fourth-order valence-electron chi connectivity index (χ4n) is 4.53. The third-order valence-electron chi connectivity index (χ3n) is 6.47. The molecule has 1 aliphatic rings. The van der Waals surface area contributed by atoms with Crippen LogP contribution in [0.25, 0.3) is 10.4 Å². The first-order valence-electron chi connectivity index (χ1n) is 11.8. The van der Waals surface area contributed by atoms with Crippen molar-refractivity contribution >= 4 is 27.3 Å². The molecule has 2 aromatic heterocycles. The molecule has 5 rings (SSSR count). The highest BCUT2D eigenvalue weighted by molar-refractivity contribution is 7.91. The number of benzene rings is 2. The van der Waals surface area contributed by atoms with Crippen LogP contribution in [-0.2, 0) is 21.2 Å². The molecule has 4 aromatic rings. The van der Waals surface area contributed by atoms with E-state index in [1.165, 1.54) is 20.3 Å². The van der Waals surface area contributed by atoms with Crippen LogP contribution in [0.5, 0.6) is 5.75 Å². The summed E-state index contributed by atoms with van der Waals surface area (Å²) in [7, 11) is -2.19. The Kier molecular flexibility index (Phi) is 7.09. The molecule has 1 fully saturated rings. The number of sulfonamides is 1. The second kappa shape index (κ2) is 10.4. The molecule has 0 amide bonds. The Morgan fingerprint density at radius 3 is 2.59 bits per heavy atom. The minimum atomic E-state index is -3.76. The first-order chi connectivity index (χ1) is 17.9. The molecule has 0 unspecified atom stereocenters. The van der Waals surface area contributed by atoms with Crippen molar-refractivity contribution in [1.82, 2.24) is 19.3 Å². The summed E-state index contributed by atoms with van der Waals surface area (Å²) >= 11 is 1.24. The summed E-state index contributed by atoms with van der Waals surface area (Å²) in [6.45, 7) is 0.368. The molecule has 3 heterocycles. The van der Waals surface area contributed by atoms with Gasteiger partial charge < -0.3 is 9.84 Å². The molecular weight excluding hydrogens is 512 g/mol. The number of carboxylic acid groups (broad SMARTS) is 1. The molecule has 0 saturated carbocycles. The highest BCUT2D eigenvalue weighted by Gasteiger charge is 2.39. The molecule has 9 nitrogen and oxygen atoms in total. The molecule has 1 saturated heterocycles. The smallest absolute Gasteiger partial charge is 0.328 e. The number of rotatable bonds is 9. The summed E-state index contributed by atoms with van der Waals surface area (Å²) in [6, 6.07) is 18.8. The molecule has 0 spiro atoms. The molecule has 0 bridgehead atoms. The van der Waals surface area contributed by atoms with Crippen molar-refractivity contribution < 1.29 is 23.1 Å². The lowest BCUT2D eigenvalue weighted by molar-refractivity contribution is -0.141. The SMILES string of the molecule is COc1ccc(C[C@@H](C(=O)O)n2cc([C@@H]3CCCN3S(=O)(=O)c3ccc(-c4ccccc4)s3)nn2)cc1. The van der Waals surface area contributed by atoms with Crippen molar-refractivity contribution in [3.63, 3.8) is 0 Å². The normalized spacial score (nSPS) is 17.1. The Labute approximate surface area is 219 Å². The van der Waals surface area contributed by atoms with Gasteiger partial charge >= 0.3 is 5.97 Å². The van der Waals surface area contributed by atoms with Crippen molar-refractivity contribution in [2.45, 2.75) is 35.6 Å². The molecule has 0 radical (unpaired) electrons. The van der Waals surface area contributed by atoms with Crippen molar-refractivity contribution in [3.8, 4) is 16.2 Å². The summed E-state index contributed by atoms with van der Waals surface area (Å²) in [5.74, 6) is -0.363. The van der Waals surface area contributed by atoms with Gasteiger partial charge in [-0.05, 0) is 48.2 Å². The molecule has 192 valence electrons. The highest BCUT2D eigenvalue weighted by atomic mass is 32.2. The van der Waals surface area contributed by atoms with Gasteiger partial charge in [0.1, 0.15) is 15.7 Å². The number of aromatic nitrogens is 3. The van der Waals surface area contributed by atoms with E-state index in [2.05, 4.69) is 10.3 Å². The number of methoxy groups -OCH3 is 1. The number of hydrogen-bond acceptors (Lipinski definition) is 7. The lowest BCUT2D eigenvalue weighted by Crippen LogP contribution is -2.30. The van der Waals surface area contributed by atoms with Crippen LogP contribution < -0.4 is 4.74 Å². The number of thiophene rings is 1. The van der Waals surface area contributed by atoms with Gasteiger partial charge in [-0.1, -0.05) is 47.7 Å². The minimum Gasteiger partial charge on any atom is -0.497 e. The maximum absolute atomic E-state index is 13.6. The van der Waals surface area contributed by atoms with Crippen LogP contribution in [0.1, 0.15) is 36.2 Å². The van der Waals surface area contributed by atoms with E-state index < -0.39 is 28.1 Å². The molecule has 11 heteroatoms. The van der Waals surface area contributed by atoms with Crippen molar-refractivity contribution in [1.29, 1.82) is 0 Å². The monoisotopic (exact) mass is 538 g/mol. The Bertz CT molecular complexity index is 1480. The first kappa shape index (κ1) is 25.1. The lowest BCUT2D eigenvalue weighted by Gasteiger charge is -2.21. The van der Waals surface area contributed by atoms with Gasteiger partial charge in [-0.15, -0.1) is 16.4 Å². The van der Waals surface area contributed by atoms with Crippen molar-refractivity contribution in [2.75, 3.05) is 13.7 Å². The van der Waals surface area contributed by atoms with E-state index in [0.717, 1.165) is 16.0 Å². The zero-order valence-corrected chi connectivity index (χ0v) is 21.7. The van der Waals surface area contributed by atoms with Gasteiger partial charge in [0.15, 0.2) is 6.04 Å². The van der Waals surface area contributed by atoms with E-state index in [-0.39, 0.29) is 10.6 Å². The predicted molar refractivity (Wildman–Crippen MR) is 139 cm³/mol. The second-order valence-electron chi connectivity index (χ2n) is 8.79. The fourth-order valence-corrected chi connectivity index (χ4v) is 7.64. The van der Waals surface area contributed by atoms with E-state index >= 15 is 0 Å². The molecule has 2 aromatic carbocycles. The number of carbonyl (C=O) groups is 1. The van der Waals surface area contributed by atoms with Gasteiger partial charge in [0.05, 0.1) is 19.3 Å². The Morgan fingerprint density at radius 2 is 1.89 bits per heavy atom. The van der Waals surface area contributed by atoms with E-state index in [0.29, 0.717) is 30.8 Å². The standard InChI is InChI=1S/C26H26N4O5S2/c1-35-20-11-9-18(10-12-20)16-23(26(31)32)29-17-21(27-28-29)22-8-5-15-30(22)37(33,34)25-14-13-24(36-25)19-6-3-2-4-7-19/h2-4,6-7,9-14,17,22-23H,5,8,15-16H2,1H3,(H,31,32)/t22-,23-/m0/s1. The van der Waals surface area contributed by atoms with E-state index in [1.807, 2.05) is 48.5 Å². The predicted octanol–water partition coefficient (Wildman–Crippen LogP) is 4.41. The molecule has 37 heavy (non-hydrogen) atoms. The van der Waals surface area contributed by atoms with Gasteiger partial charge in [0.2, 0.25) is 0 Å². The van der Waals surface area contributed by atoms with E-state index in [4.69, 9.17) is 4.74 Å². The summed E-state index contributed by atoms with van der Waals surface area (Å²) in [4.78, 5) is 12.9. The number of aliphatic carboxylic acids is 1. The van der Waals surface area contributed by atoms with E-state index in [1.54, 1.807) is 31.5 Å². The quantitative estimate of drug-likeness (QED) is 0.336. The van der Waals surface area contributed by atoms with Crippen LogP contribution in [0, 0.1) is 0 Å². The zero-order valence-electron chi connectivity index (χ0n) is 20.1. The summed E-state index contributed by atoms with van der Waals surface area (Å²) < 4.78 is 35.4. The van der Waals surface area contributed by atoms with Crippen molar-refractivity contribution in [3.05, 3.63) is 84.2 Å². The third kappa shape index (κ3) is 5.15. The molecular formula is C26H26N4O5S2. The number of ether oxygens (including phenoxy) is 1. The number of carboxylic acids is 1. The third-order valence-corrected chi connectivity index (χ3v) is 9.98. The van der Waals surface area contributed by atoms with Crippen molar-refractivity contribution in [2.24, 2.45) is 0 Å². The lowest BCUT2D eigenvalue weighted by atomic mass is 10.1. The first-order valence-corrected chi connectivity index (χ1v) is 14.1. The number of hydrogen-bond donors (Lipinski definition) is 1. The second-order valence-corrected chi connectivity index (χ2v) is 12.0. The zero-order chi connectivity index (χ0) is 26.0.